The summed E-state index contributed by atoms with van der Waals surface area (Å²) in [4.78, 5) is 22.8. The highest BCUT2D eigenvalue weighted by molar-refractivity contribution is 5.97. The van der Waals surface area contributed by atoms with Crippen LogP contribution in [0.15, 0.2) is 42.5 Å². The van der Waals surface area contributed by atoms with Crippen molar-refractivity contribution in [2.45, 2.75) is 33.4 Å². The number of primary amides is 1. The van der Waals surface area contributed by atoms with Crippen molar-refractivity contribution in [3.63, 3.8) is 0 Å². The summed E-state index contributed by atoms with van der Waals surface area (Å²) in [5.41, 5.74) is 8.83. The Bertz CT molecular complexity index is 774. The molecule has 0 spiro atoms. The van der Waals surface area contributed by atoms with E-state index in [9.17, 15) is 9.59 Å². The van der Waals surface area contributed by atoms with Gasteiger partial charge in [-0.3, -0.25) is 4.79 Å². The van der Waals surface area contributed by atoms with Crippen molar-refractivity contribution in [3.8, 4) is 5.75 Å². The van der Waals surface area contributed by atoms with E-state index in [1.807, 2.05) is 38.1 Å². The molecule has 0 saturated heterocycles. The Morgan fingerprint density at radius 1 is 1.16 bits per heavy atom. The van der Waals surface area contributed by atoms with Gasteiger partial charge < -0.3 is 21.1 Å². The molecule has 1 atom stereocenters. The lowest BCUT2D eigenvalue weighted by atomic mass is 10.1. The highest BCUT2D eigenvalue weighted by Crippen LogP contribution is 2.22. The van der Waals surface area contributed by atoms with Gasteiger partial charge in [0.2, 0.25) is 5.91 Å². The van der Waals surface area contributed by atoms with Gasteiger partial charge in [-0.25, -0.2) is 4.79 Å². The fourth-order valence-corrected chi connectivity index (χ4v) is 2.35. The van der Waals surface area contributed by atoms with E-state index in [1.54, 1.807) is 19.1 Å². The monoisotopic (exact) mass is 341 g/mol. The molecule has 2 aromatic rings. The van der Waals surface area contributed by atoms with Crippen molar-refractivity contribution < 1.29 is 14.3 Å². The molecule has 0 radical (unpaired) electrons. The minimum Gasteiger partial charge on any atom is -0.489 e. The van der Waals surface area contributed by atoms with Gasteiger partial charge in [0.1, 0.15) is 18.4 Å². The van der Waals surface area contributed by atoms with Gasteiger partial charge in [0, 0.05) is 5.69 Å². The molecule has 132 valence electrons. The number of carbonyl (C=O) groups excluding carboxylic acids is 2. The smallest absolute Gasteiger partial charge is 0.312 e. The zero-order chi connectivity index (χ0) is 18.4. The van der Waals surface area contributed by atoms with Crippen molar-refractivity contribution in [2.75, 3.05) is 5.32 Å². The summed E-state index contributed by atoms with van der Waals surface area (Å²) in [5.74, 6) is 0.385. The molecular weight excluding hydrogens is 318 g/mol. The highest BCUT2D eigenvalue weighted by Gasteiger charge is 2.15. The van der Waals surface area contributed by atoms with Crippen LogP contribution in [0.5, 0.6) is 5.75 Å². The minimum absolute atomic E-state index is 0.338. The summed E-state index contributed by atoms with van der Waals surface area (Å²) in [5, 5.41) is 5.10. The maximum absolute atomic E-state index is 12.0. The summed E-state index contributed by atoms with van der Waals surface area (Å²) >= 11 is 0. The Hall–Kier alpha value is -3.02. The number of nitrogens with two attached hydrogens (primary N) is 1. The summed E-state index contributed by atoms with van der Waals surface area (Å²) in [6.45, 7) is 5.96. The first-order valence-electron chi connectivity index (χ1n) is 8.01. The highest BCUT2D eigenvalue weighted by atomic mass is 16.5. The van der Waals surface area contributed by atoms with Crippen LogP contribution in [-0.2, 0) is 11.4 Å². The van der Waals surface area contributed by atoms with Crippen LogP contribution in [0.25, 0.3) is 0 Å². The van der Waals surface area contributed by atoms with Crippen LogP contribution in [0.2, 0.25) is 0 Å². The number of amides is 3. The molecule has 0 unspecified atom stereocenters. The number of anilines is 1. The Morgan fingerprint density at radius 3 is 2.56 bits per heavy atom. The summed E-state index contributed by atoms with van der Waals surface area (Å²) in [7, 11) is 0. The van der Waals surface area contributed by atoms with Crippen LogP contribution in [0.4, 0.5) is 10.5 Å². The summed E-state index contributed by atoms with van der Waals surface area (Å²) in [6, 6.07) is 12.1. The number of aryl methyl sites for hydroxylation is 2. The SMILES string of the molecule is Cc1cccc(COc2ccc(NC(=O)[C@@H](C)NC(N)=O)c(C)c2)c1. The first-order chi connectivity index (χ1) is 11.8. The number of hydrogen-bond acceptors (Lipinski definition) is 3. The number of urea groups is 1. The van der Waals surface area contributed by atoms with Gasteiger partial charge in [0.15, 0.2) is 0 Å². The Balaban J connectivity index is 1.98. The molecule has 2 aromatic carbocycles. The van der Waals surface area contributed by atoms with E-state index >= 15 is 0 Å². The number of rotatable bonds is 6. The summed E-state index contributed by atoms with van der Waals surface area (Å²) in [6.07, 6.45) is 0. The van der Waals surface area contributed by atoms with Gasteiger partial charge in [-0.1, -0.05) is 29.8 Å². The minimum atomic E-state index is -0.737. The molecule has 0 heterocycles. The Kier molecular flexibility index (Phi) is 6.00. The largest absolute Gasteiger partial charge is 0.489 e. The maximum atomic E-state index is 12.0. The lowest BCUT2D eigenvalue weighted by Crippen LogP contribution is -2.44. The van der Waals surface area contributed by atoms with Crippen molar-refractivity contribution >= 4 is 17.6 Å². The van der Waals surface area contributed by atoms with Crippen LogP contribution < -0.4 is 21.1 Å². The standard InChI is InChI=1S/C19H23N3O3/c1-12-5-4-6-15(9-12)11-25-16-7-8-17(13(2)10-16)22-18(23)14(3)21-19(20)24/h4-10,14H,11H2,1-3H3,(H,22,23)(H3,20,21,24)/t14-/m1/s1. The number of ether oxygens (including phenoxy) is 1. The molecule has 6 nitrogen and oxygen atoms in total. The van der Waals surface area contributed by atoms with E-state index in [0.717, 1.165) is 16.9 Å². The molecule has 3 amide bonds. The van der Waals surface area contributed by atoms with Gasteiger partial charge in [0.25, 0.3) is 0 Å². The normalized spacial score (nSPS) is 11.5. The third-order valence-corrected chi connectivity index (χ3v) is 3.70. The van der Waals surface area contributed by atoms with E-state index in [2.05, 4.69) is 16.7 Å². The molecule has 0 aromatic heterocycles. The lowest BCUT2D eigenvalue weighted by molar-refractivity contribution is -0.117. The molecule has 0 saturated carbocycles. The predicted octanol–water partition coefficient (Wildman–Crippen LogP) is 2.88. The second-order valence-corrected chi connectivity index (χ2v) is 5.97. The number of carbonyl (C=O) groups is 2. The van der Waals surface area contributed by atoms with Crippen LogP contribution >= 0.6 is 0 Å². The molecule has 0 aliphatic carbocycles. The third kappa shape index (κ3) is 5.53. The van der Waals surface area contributed by atoms with Gasteiger partial charge >= 0.3 is 6.03 Å². The van der Waals surface area contributed by atoms with Crippen LogP contribution in [0.1, 0.15) is 23.6 Å². The first kappa shape index (κ1) is 18.3. The van der Waals surface area contributed by atoms with Crippen molar-refractivity contribution in [2.24, 2.45) is 5.73 Å². The molecule has 0 bridgehead atoms. The van der Waals surface area contributed by atoms with Crippen LogP contribution in [0, 0.1) is 13.8 Å². The molecule has 2 rings (SSSR count). The molecule has 4 N–H and O–H groups in total. The molecule has 0 aliphatic heterocycles. The number of benzene rings is 2. The quantitative estimate of drug-likeness (QED) is 0.754. The molecular formula is C19H23N3O3. The van der Waals surface area contributed by atoms with Gasteiger partial charge in [-0.2, -0.15) is 0 Å². The average Bonchev–Trinajstić information content (AvgIpc) is 2.54. The van der Waals surface area contributed by atoms with Gasteiger partial charge in [-0.15, -0.1) is 0 Å². The fraction of sp³-hybridized carbons (Fsp3) is 0.263. The van der Waals surface area contributed by atoms with E-state index in [1.165, 1.54) is 5.56 Å². The zero-order valence-electron chi connectivity index (χ0n) is 14.6. The second-order valence-electron chi connectivity index (χ2n) is 5.97. The number of hydrogen-bond donors (Lipinski definition) is 3. The lowest BCUT2D eigenvalue weighted by Gasteiger charge is -2.15. The average molecular weight is 341 g/mol. The van der Waals surface area contributed by atoms with E-state index in [4.69, 9.17) is 10.5 Å². The van der Waals surface area contributed by atoms with Crippen molar-refractivity contribution in [1.82, 2.24) is 5.32 Å². The first-order valence-corrected chi connectivity index (χ1v) is 8.01. The van der Waals surface area contributed by atoms with Gasteiger partial charge in [-0.05, 0) is 50.1 Å². The van der Waals surface area contributed by atoms with E-state index in [0.29, 0.717) is 12.3 Å². The van der Waals surface area contributed by atoms with E-state index in [-0.39, 0.29) is 5.91 Å². The topological polar surface area (TPSA) is 93.4 Å². The molecule has 0 aliphatic rings. The molecule has 25 heavy (non-hydrogen) atoms. The van der Waals surface area contributed by atoms with Crippen LogP contribution in [0.3, 0.4) is 0 Å². The Morgan fingerprint density at radius 2 is 1.92 bits per heavy atom. The van der Waals surface area contributed by atoms with Crippen LogP contribution in [-0.4, -0.2) is 18.0 Å². The third-order valence-electron chi connectivity index (χ3n) is 3.70. The maximum Gasteiger partial charge on any atom is 0.312 e. The van der Waals surface area contributed by atoms with E-state index < -0.39 is 12.1 Å². The zero-order valence-corrected chi connectivity index (χ0v) is 14.6. The molecule has 6 heteroatoms. The van der Waals surface area contributed by atoms with Crippen molar-refractivity contribution in [3.05, 3.63) is 59.2 Å². The second kappa shape index (κ2) is 8.19. The van der Waals surface area contributed by atoms with Crippen molar-refractivity contribution in [1.29, 1.82) is 0 Å². The fourth-order valence-electron chi connectivity index (χ4n) is 2.35. The Labute approximate surface area is 147 Å². The predicted molar refractivity (Wildman–Crippen MR) is 97.5 cm³/mol. The molecule has 0 fully saturated rings. The summed E-state index contributed by atoms with van der Waals surface area (Å²) < 4.78 is 5.80. The van der Waals surface area contributed by atoms with Gasteiger partial charge in [0.05, 0.1) is 0 Å². The number of nitrogens with one attached hydrogen (secondary N) is 2.